The molecule has 28 heavy (non-hydrogen) atoms. The largest absolute Gasteiger partial charge is 0.464 e. The van der Waals surface area contributed by atoms with Crippen LogP contribution in [0.2, 0.25) is 0 Å². The predicted molar refractivity (Wildman–Crippen MR) is 106 cm³/mol. The summed E-state index contributed by atoms with van der Waals surface area (Å²) >= 11 is 0. The summed E-state index contributed by atoms with van der Waals surface area (Å²) in [6.45, 7) is 7.20. The molecule has 1 aromatic heterocycles. The molecule has 0 bridgehead atoms. The van der Waals surface area contributed by atoms with Gasteiger partial charge < -0.3 is 18.9 Å². The van der Waals surface area contributed by atoms with Crippen LogP contribution in [0.5, 0.6) is 0 Å². The molecule has 1 aliphatic rings. The smallest absolute Gasteiger partial charge is 0.354 e. The van der Waals surface area contributed by atoms with E-state index >= 15 is 0 Å². The second-order valence-corrected chi connectivity index (χ2v) is 7.35. The van der Waals surface area contributed by atoms with Crippen molar-refractivity contribution in [1.82, 2.24) is 9.47 Å². The first-order valence-electron chi connectivity index (χ1n) is 9.97. The van der Waals surface area contributed by atoms with Crippen molar-refractivity contribution in [2.75, 3.05) is 33.4 Å². The number of aromatic nitrogens is 1. The summed E-state index contributed by atoms with van der Waals surface area (Å²) in [5.74, 6) is -0.537. The van der Waals surface area contributed by atoms with Crippen molar-refractivity contribution >= 4 is 17.7 Å². The zero-order valence-corrected chi connectivity index (χ0v) is 17.7. The fourth-order valence-corrected chi connectivity index (χ4v) is 3.71. The van der Waals surface area contributed by atoms with Crippen LogP contribution < -0.4 is 0 Å². The number of ether oxygens (including phenoxy) is 2. The fraction of sp³-hybridized carbons (Fsp3) is 0.667. The van der Waals surface area contributed by atoms with E-state index in [1.54, 1.807) is 30.4 Å². The molecule has 1 aliphatic carbocycles. The van der Waals surface area contributed by atoms with E-state index in [9.17, 15) is 14.4 Å². The van der Waals surface area contributed by atoms with Crippen LogP contribution in [0.4, 0.5) is 0 Å². The van der Waals surface area contributed by atoms with Crippen molar-refractivity contribution in [3.8, 4) is 0 Å². The SMILES string of the molecule is CCOCCCN(CC(=O)c1c(C)c(C(=O)OC)n(C)c1C)C(=O)C1CCC1. The molecule has 1 saturated carbocycles. The third-order valence-electron chi connectivity index (χ3n) is 5.61. The summed E-state index contributed by atoms with van der Waals surface area (Å²) in [5.41, 5.74) is 2.17. The first-order chi connectivity index (χ1) is 13.3. The summed E-state index contributed by atoms with van der Waals surface area (Å²) in [4.78, 5) is 39.7. The number of ketones is 1. The van der Waals surface area contributed by atoms with Crippen LogP contribution >= 0.6 is 0 Å². The summed E-state index contributed by atoms with van der Waals surface area (Å²) < 4.78 is 11.9. The third-order valence-corrected chi connectivity index (χ3v) is 5.61. The number of esters is 1. The Morgan fingerprint density at radius 1 is 1.21 bits per heavy atom. The molecule has 0 spiro atoms. The second-order valence-electron chi connectivity index (χ2n) is 7.35. The van der Waals surface area contributed by atoms with E-state index in [4.69, 9.17) is 9.47 Å². The molecule has 7 nitrogen and oxygen atoms in total. The van der Waals surface area contributed by atoms with Gasteiger partial charge in [-0.3, -0.25) is 9.59 Å². The van der Waals surface area contributed by atoms with E-state index in [2.05, 4.69) is 0 Å². The quantitative estimate of drug-likeness (QED) is 0.348. The Balaban J connectivity index is 2.20. The Hall–Kier alpha value is -2.15. The van der Waals surface area contributed by atoms with Gasteiger partial charge >= 0.3 is 5.97 Å². The predicted octanol–water partition coefficient (Wildman–Crippen LogP) is 2.67. The number of carbonyl (C=O) groups is 3. The first-order valence-corrected chi connectivity index (χ1v) is 9.97. The molecule has 0 saturated heterocycles. The maximum Gasteiger partial charge on any atom is 0.354 e. The van der Waals surface area contributed by atoms with Crippen LogP contribution in [0.1, 0.15) is 64.7 Å². The van der Waals surface area contributed by atoms with Gasteiger partial charge in [0.1, 0.15) is 5.69 Å². The van der Waals surface area contributed by atoms with E-state index < -0.39 is 5.97 Å². The van der Waals surface area contributed by atoms with Crippen LogP contribution in [0.25, 0.3) is 0 Å². The molecule has 1 heterocycles. The monoisotopic (exact) mass is 392 g/mol. The molecule has 2 rings (SSSR count). The van der Waals surface area contributed by atoms with Gasteiger partial charge in [-0.05, 0) is 45.6 Å². The van der Waals surface area contributed by atoms with Crippen LogP contribution in [0, 0.1) is 19.8 Å². The number of hydrogen-bond acceptors (Lipinski definition) is 5. The minimum atomic E-state index is -0.471. The summed E-state index contributed by atoms with van der Waals surface area (Å²) in [6, 6.07) is 0. The molecular formula is C21H32N2O5. The van der Waals surface area contributed by atoms with Gasteiger partial charge in [0, 0.05) is 44.0 Å². The van der Waals surface area contributed by atoms with Gasteiger partial charge in [0.05, 0.1) is 13.7 Å². The standard InChI is InChI=1S/C21H32N2O5/c1-6-28-12-8-11-23(20(25)16-9-7-10-16)13-17(24)18-14(2)19(21(26)27-5)22(4)15(18)3/h16H,6-13H2,1-5H3. The van der Waals surface area contributed by atoms with Crippen LogP contribution in [0.15, 0.2) is 0 Å². The molecular weight excluding hydrogens is 360 g/mol. The molecule has 156 valence electrons. The summed E-state index contributed by atoms with van der Waals surface area (Å²) in [6.07, 6.45) is 3.55. The molecule has 0 aliphatic heterocycles. The number of Topliss-reactive ketones (excluding diaryl/α,β-unsaturated/α-hetero) is 1. The average Bonchev–Trinajstić information content (AvgIpc) is 2.84. The van der Waals surface area contributed by atoms with Crippen molar-refractivity contribution < 1.29 is 23.9 Å². The minimum Gasteiger partial charge on any atom is -0.464 e. The lowest BCUT2D eigenvalue weighted by molar-refractivity contribution is -0.137. The van der Waals surface area contributed by atoms with E-state index in [0.29, 0.717) is 48.7 Å². The van der Waals surface area contributed by atoms with Crippen LogP contribution in [0.3, 0.4) is 0 Å². The van der Waals surface area contributed by atoms with Gasteiger partial charge in [-0.15, -0.1) is 0 Å². The van der Waals surface area contributed by atoms with Crippen molar-refractivity contribution in [3.05, 3.63) is 22.5 Å². The first kappa shape index (κ1) is 22.1. The molecule has 0 atom stereocenters. The van der Waals surface area contributed by atoms with Crippen molar-refractivity contribution in [2.45, 2.75) is 46.5 Å². The second kappa shape index (κ2) is 9.87. The highest BCUT2D eigenvalue weighted by Crippen LogP contribution is 2.29. The van der Waals surface area contributed by atoms with Crippen LogP contribution in [-0.2, 0) is 21.3 Å². The van der Waals surface area contributed by atoms with Crippen molar-refractivity contribution in [1.29, 1.82) is 0 Å². The minimum absolute atomic E-state index is 0.0216. The topological polar surface area (TPSA) is 77.8 Å². The van der Waals surface area contributed by atoms with Gasteiger partial charge in [0.15, 0.2) is 5.78 Å². The third kappa shape index (κ3) is 4.63. The number of rotatable bonds is 10. The molecule has 7 heteroatoms. The highest BCUT2D eigenvalue weighted by atomic mass is 16.5. The molecule has 0 radical (unpaired) electrons. The molecule has 1 amide bonds. The lowest BCUT2D eigenvalue weighted by atomic mass is 9.84. The van der Waals surface area contributed by atoms with Crippen molar-refractivity contribution in [2.24, 2.45) is 13.0 Å². The highest BCUT2D eigenvalue weighted by Gasteiger charge is 2.32. The lowest BCUT2D eigenvalue weighted by Gasteiger charge is -2.31. The summed E-state index contributed by atoms with van der Waals surface area (Å²) in [5, 5.41) is 0. The molecule has 1 aromatic rings. The molecule has 0 aromatic carbocycles. The van der Waals surface area contributed by atoms with E-state index in [1.165, 1.54) is 7.11 Å². The van der Waals surface area contributed by atoms with Gasteiger partial charge in [-0.1, -0.05) is 6.42 Å². The van der Waals surface area contributed by atoms with Gasteiger partial charge in [-0.2, -0.15) is 0 Å². The Bertz CT molecular complexity index is 734. The normalized spacial score (nSPS) is 13.9. The number of hydrogen-bond donors (Lipinski definition) is 0. The molecule has 0 unspecified atom stereocenters. The maximum atomic E-state index is 13.1. The number of nitrogens with zero attached hydrogens (tertiary/aromatic N) is 2. The van der Waals surface area contributed by atoms with Crippen molar-refractivity contribution in [3.63, 3.8) is 0 Å². The number of carbonyl (C=O) groups excluding carboxylic acids is 3. The van der Waals surface area contributed by atoms with Gasteiger partial charge in [0.2, 0.25) is 5.91 Å². The van der Waals surface area contributed by atoms with Gasteiger partial charge in [0.25, 0.3) is 0 Å². The zero-order chi connectivity index (χ0) is 20.8. The molecule has 1 fully saturated rings. The molecule has 0 N–H and O–H groups in total. The average molecular weight is 392 g/mol. The Labute approximate surface area is 167 Å². The Kier molecular flexibility index (Phi) is 7.80. The number of amides is 1. The Morgan fingerprint density at radius 3 is 2.43 bits per heavy atom. The van der Waals surface area contributed by atoms with E-state index in [0.717, 1.165) is 19.3 Å². The summed E-state index contributed by atoms with van der Waals surface area (Å²) in [7, 11) is 3.06. The van der Waals surface area contributed by atoms with Crippen LogP contribution in [-0.4, -0.2) is 60.5 Å². The van der Waals surface area contributed by atoms with Gasteiger partial charge in [-0.25, -0.2) is 4.79 Å². The Morgan fingerprint density at radius 2 is 1.89 bits per heavy atom. The highest BCUT2D eigenvalue weighted by molar-refractivity contribution is 6.04. The van der Waals surface area contributed by atoms with E-state index in [-0.39, 0.29) is 24.2 Å². The zero-order valence-electron chi connectivity index (χ0n) is 17.7. The fourth-order valence-electron chi connectivity index (χ4n) is 3.71. The van der Waals surface area contributed by atoms with E-state index in [1.807, 2.05) is 6.92 Å². The maximum absolute atomic E-state index is 13.1. The number of methoxy groups -OCH3 is 1. The lowest BCUT2D eigenvalue weighted by Crippen LogP contribution is -2.42.